The first-order chi connectivity index (χ1) is 20.7. The van der Waals surface area contributed by atoms with Gasteiger partial charge in [0.2, 0.25) is 0 Å². The van der Waals surface area contributed by atoms with E-state index in [0.717, 1.165) is 24.0 Å². The van der Waals surface area contributed by atoms with E-state index in [2.05, 4.69) is 0 Å². The van der Waals surface area contributed by atoms with Crippen LogP contribution >= 0.6 is 0 Å². The van der Waals surface area contributed by atoms with E-state index in [1.165, 1.54) is 17.1 Å². The van der Waals surface area contributed by atoms with Gasteiger partial charge in [-0.05, 0) is 23.0 Å². The average molecular weight is 630 g/mol. The summed E-state index contributed by atoms with van der Waals surface area (Å²) in [7, 11) is 3.05. The van der Waals surface area contributed by atoms with Crippen LogP contribution in [0, 0.1) is 23.7 Å². The number of hydrogen-bond donors (Lipinski definition) is 1. The molecule has 2 aromatic carbocycles. The van der Waals surface area contributed by atoms with Crippen molar-refractivity contribution in [2.24, 2.45) is 23.7 Å². The van der Waals surface area contributed by atoms with Crippen molar-refractivity contribution < 1.29 is 38.6 Å². The summed E-state index contributed by atoms with van der Waals surface area (Å²) in [6.45, 7) is 6.03. The standard InChI is InChI=1S/C17H24N2O4.C15H19NO4.2CH4/c1-4-14-10-19(11-15(14)16(20)18(2)22-3)17(21)23-12-13-8-6-5-7-9-13;1-2-12-8-16(9-13(12)14(17)18)15(19)20-10-11-6-4-3-5-7-11;;/h5-9,14-15H,4,10-12H2,1-3H3;3-7,12-13H,2,8-10H2,1H3,(H,17,18);2*1H4/t14-,15+;12-,13+;;/m11../s1. The molecule has 0 unspecified atom stereocenters. The SMILES string of the molecule is C.C.CC[C@@H]1CN(C(=O)OCc2ccccc2)C[C@@H]1C(=O)N(C)OC.CC[C@@H]1CN(C(=O)OCc2ccccc2)C[C@@H]1C(=O)O. The highest BCUT2D eigenvalue weighted by Gasteiger charge is 2.41. The number of hydrogen-bond acceptors (Lipinski definition) is 7. The van der Waals surface area contributed by atoms with E-state index in [1.807, 2.05) is 74.5 Å². The van der Waals surface area contributed by atoms with Crippen LogP contribution in [0.25, 0.3) is 0 Å². The summed E-state index contributed by atoms with van der Waals surface area (Å²) in [5.74, 6) is -1.52. The molecule has 2 aliphatic rings. The minimum Gasteiger partial charge on any atom is -0.481 e. The molecule has 11 heteroatoms. The van der Waals surface area contributed by atoms with Crippen LogP contribution in [-0.4, -0.2) is 84.4 Å². The first-order valence-corrected chi connectivity index (χ1v) is 14.6. The zero-order chi connectivity index (χ0) is 31.4. The fourth-order valence-corrected chi connectivity index (χ4v) is 5.37. The molecule has 0 saturated carbocycles. The van der Waals surface area contributed by atoms with Gasteiger partial charge in [-0.25, -0.2) is 14.7 Å². The molecular formula is C34H51N3O8. The van der Waals surface area contributed by atoms with Crippen molar-refractivity contribution in [1.29, 1.82) is 0 Å². The van der Waals surface area contributed by atoms with Gasteiger partial charge in [-0.1, -0.05) is 102 Å². The minimum absolute atomic E-state index is 0. The van der Waals surface area contributed by atoms with Crippen LogP contribution in [0.5, 0.6) is 0 Å². The number of hydroxylamine groups is 2. The lowest BCUT2D eigenvalue weighted by atomic mass is 9.93. The van der Waals surface area contributed by atoms with E-state index in [-0.39, 0.29) is 64.4 Å². The third-order valence-electron chi connectivity index (χ3n) is 8.08. The smallest absolute Gasteiger partial charge is 0.410 e. The van der Waals surface area contributed by atoms with Crippen molar-refractivity contribution in [2.45, 2.75) is 54.8 Å². The Hall–Kier alpha value is -4.12. The van der Waals surface area contributed by atoms with Crippen molar-refractivity contribution in [3.63, 3.8) is 0 Å². The summed E-state index contributed by atoms with van der Waals surface area (Å²) in [5.41, 5.74) is 1.86. The number of nitrogens with zero attached hydrogens (tertiary/aromatic N) is 3. The molecule has 4 rings (SSSR count). The van der Waals surface area contributed by atoms with Gasteiger partial charge >= 0.3 is 18.2 Å². The van der Waals surface area contributed by atoms with Crippen LogP contribution in [0.1, 0.15) is 52.7 Å². The third-order valence-corrected chi connectivity index (χ3v) is 8.08. The fraction of sp³-hybridized carbons (Fsp3) is 0.529. The highest BCUT2D eigenvalue weighted by molar-refractivity contribution is 5.80. The Kier molecular flexibility index (Phi) is 16.7. The van der Waals surface area contributed by atoms with Gasteiger partial charge in [-0.15, -0.1) is 0 Å². The number of likely N-dealkylation sites (tertiary alicyclic amines) is 2. The summed E-state index contributed by atoms with van der Waals surface area (Å²) in [6, 6.07) is 19.0. The number of carbonyl (C=O) groups is 4. The lowest BCUT2D eigenvalue weighted by Crippen LogP contribution is -2.36. The van der Waals surface area contributed by atoms with Gasteiger partial charge in [0.15, 0.2) is 0 Å². The van der Waals surface area contributed by atoms with E-state index in [1.54, 1.807) is 11.9 Å². The Labute approximate surface area is 268 Å². The van der Waals surface area contributed by atoms with Crippen molar-refractivity contribution in [2.75, 3.05) is 40.3 Å². The van der Waals surface area contributed by atoms with Gasteiger partial charge < -0.3 is 24.4 Å². The van der Waals surface area contributed by atoms with Gasteiger partial charge in [-0.2, -0.15) is 0 Å². The molecule has 2 saturated heterocycles. The number of carboxylic acids is 1. The number of rotatable bonds is 9. The van der Waals surface area contributed by atoms with Gasteiger partial charge in [0, 0.05) is 33.2 Å². The Bertz CT molecular complexity index is 1200. The molecule has 1 N–H and O–H groups in total. The van der Waals surface area contributed by atoms with E-state index in [4.69, 9.17) is 19.4 Å². The van der Waals surface area contributed by atoms with Crippen molar-refractivity contribution in [1.82, 2.24) is 14.9 Å². The van der Waals surface area contributed by atoms with Crippen LogP contribution in [0.2, 0.25) is 0 Å². The summed E-state index contributed by atoms with van der Waals surface area (Å²) in [5, 5.41) is 10.4. The molecule has 2 aliphatic heterocycles. The quantitative estimate of drug-likeness (QED) is 0.338. The molecule has 45 heavy (non-hydrogen) atoms. The lowest BCUT2D eigenvalue weighted by molar-refractivity contribution is -0.174. The second-order valence-electron chi connectivity index (χ2n) is 10.8. The molecular weight excluding hydrogens is 578 g/mol. The second-order valence-corrected chi connectivity index (χ2v) is 10.8. The molecule has 0 aliphatic carbocycles. The highest BCUT2D eigenvalue weighted by atomic mass is 16.7. The maximum atomic E-state index is 12.3. The summed E-state index contributed by atoms with van der Waals surface area (Å²) in [4.78, 5) is 55.7. The van der Waals surface area contributed by atoms with Crippen LogP contribution in [0.3, 0.4) is 0 Å². The monoisotopic (exact) mass is 629 g/mol. The summed E-state index contributed by atoms with van der Waals surface area (Å²) < 4.78 is 10.6. The molecule has 11 nitrogen and oxygen atoms in total. The third kappa shape index (κ3) is 11.1. The second kappa shape index (κ2) is 19.3. The van der Waals surface area contributed by atoms with E-state index < -0.39 is 18.0 Å². The average Bonchev–Trinajstić information content (AvgIpc) is 3.68. The molecule has 0 aromatic heterocycles. The molecule has 3 amide bonds. The zero-order valence-electron chi connectivity index (χ0n) is 25.4. The lowest BCUT2D eigenvalue weighted by Gasteiger charge is -2.21. The molecule has 250 valence electrons. The van der Waals surface area contributed by atoms with Crippen LogP contribution in [0.4, 0.5) is 9.59 Å². The molecule has 0 radical (unpaired) electrons. The maximum absolute atomic E-state index is 12.3. The molecule has 4 atom stereocenters. The van der Waals surface area contributed by atoms with Crippen LogP contribution in [0.15, 0.2) is 60.7 Å². The molecule has 2 aromatic rings. The van der Waals surface area contributed by atoms with Crippen LogP contribution < -0.4 is 0 Å². The van der Waals surface area contributed by atoms with Crippen molar-refractivity contribution in [3.05, 3.63) is 71.8 Å². The predicted molar refractivity (Wildman–Crippen MR) is 172 cm³/mol. The molecule has 2 fully saturated rings. The maximum Gasteiger partial charge on any atom is 0.410 e. The number of benzene rings is 2. The number of carboxylic acid groups (broad SMARTS) is 1. The number of ether oxygens (including phenoxy) is 2. The number of aliphatic carboxylic acids is 1. The Morgan fingerprint density at radius 1 is 0.733 bits per heavy atom. The largest absolute Gasteiger partial charge is 0.481 e. The normalized spacial score (nSPS) is 20.1. The van der Waals surface area contributed by atoms with Crippen molar-refractivity contribution in [3.8, 4) is 0 Å². The van der Waals surface area contributed by atoms with Gasteiger partial charge in [-0.3, -0.25) is 14.4 Å². The van der Waals surface area contributed by atoms with Gasteiger partial charge in [0.25, 0.3) is 5.91 Å². The Balaban J connectivity index is 0.000000434. The molecule has 0 spiro atoms. The summed E-state index contributed by atoms with van der Waals surface area (Å²) in [6.07, 6.45) is 0.772. The Morgan fingerprint density at radius 2 is 1.13 bits per heavy atom. The van der Waals surface area contributed by atoms with Crippen molar-refractivity contribution >= 4 is 24.1 Å². The van der Waals surface area contributed by atoms with E-state index in [0.29, 0.717) is 19.6 Å². The minimum atomic E-state index is -0.838. The highest BCUT2D eigenvalue weighted by Crippen LogP contribution is 2.29. The van der Waals surface area contributed by atoms with Gasteiger partial charge in [0.1, 0.15) is 13.2 Å². The predicted octanol–water partition coefficient (Wildman–Crippen LogP) is 5.94. The number of carbonyl (C=O) groups excluding carboxylic acids is 3. The van der Waals surface area contributed by atoms with E-state index >= 15 is 0 Å². The first-order valence-electron chi connectivity index (χ1n) is 14.6. The Morgan fingerprint density at radius 3 is 1.49 bits per heavy atom. The van der Waals surface area contributed by atoms with Crippen LogP contribution in [-0.2, 0) is 37.1 Å². The topological polar surface area (TPSA) is 126 Å². The summed E-state index contributed by atoms with van der Waals surface area (Å²) >= 11 is 0. The molecule has 0 bridgehead atoms. The van der Waals surface area contributed by atoms with Gasteiger partial charge in [0.05, 0.1) is 18.9 Å². The zero-order valence-corrected chi connectivity index (χ0v) is 25.4. The fourth-order valence-electron chi connectivity index (χ4n) is 5.37. The number of amides is 3. The van der Waals surface area contributed by atoms with E-state index in [9.17, 15) is 19.2 Å². The first kappa shape index (κ1) is 38.9. The molecule has 2 heterocycles.